The van der Waals surface area contributed by atoms with Gasteiger partial charge >= 0.3 is 0 Å². The second-order valence-electron chi connectivity index (χ2n) is 4.34. The molecule has 1 atom stereocenters. The third-order valence-electron chi connectivity index (χ3n) is 2.71. The van der Waals surface area contributed by atoms with Gasteiger partial charge in [-0.1, -0.05) is 29.8 Å². The molecule has 0 fully saturated rings. The van der Waals surface area contributed by atoms with E-state index in [-0.39, 0.29) is 5.92 Å². The second-order valence-corrected chi connectivity index (χ2v) is 5.25. The van der Waals surface area contributed by atoms with Crippen LogP contribution in [0, 0.1) is 23.2 Å². The molecule has 86 valence electrons. The molecule has 0 bridgehead atoms. The third-order valence-corrected chi connectivity index (χ3v) is 3.24. The fourth-order valence-electron chi connectivity index (χ4n) is 1.50. The van der Waals surface area contributed by atoms with E-state index in [0.717, 1.165) is 16.7 Å². The highest BCUT2D eigenvalue weighted by Gasteiger charge is 2.14. The van der Waals surface area contributed by atoms with Crippen molar-refractivity contribution in [2.24, 2.45) is 11.8 Å². The van der Waals surface area contributed by atoms with E-state index in [2.05, 4.69) is 52.9 Å². The van der Waals surface area contributed by atoms with E-state index in [1.807, 2.05) is 19.2 Å². The lowest BCUT2D eigenvalue weighted by atomic mass is 9.97. The molecule has 0 amide bonds. The number of nitrogens with zero attached hydrogens (tertiary/aromatic N) is 2. The monoisotopic (exact) mass is 280 g/mol. The Balaban J connectivity index is 2.68. The Hall–Kier alpha value is -1.01. The molecule has 2 nitrogen and oxygen atoms in total. The number of nitriles is 1. The summed E-state index contributed by atoms with van der Waals surface area (Å²) in [4.78, 5) is 2.13. The minimum absolute atomic E-state index is 0.0775. The van der Waals surface area contributed by atoms with Crippen molar-refractivity contribution in [2.75, 3.05) is 18.5 Å². The predicted molar refractivity (Wildman–Crippen MR) is 71.4 cm³/mol. The summed E-state index contributed by atoms with van der Waals surface area (Å²) in [6, 6.07) is 10.5. The van der Waals surface area contributed by atoms with Gasteiger partial charge in [0.05, 0.1) is 12.0 Å². The van der Waals surface area contributed by atoms with Crippen LogP contribution in [0.4, 0.5) is 5.69 Å². The largest absolute Gasteiger partial charge is 0.373 e. The van der Waals surface area contributed by atoms with Gasteiger partial charge < -0.3 is 4.90 Å². The first-order chi connectivity index (χ1) is 7.54. The molecule has 0 aromatic heterocycles. The van der Waals surface area contributed by atoms with Crippen molar-refractivity contribution in [1.82, 2.24) is 0 Å². The number of hydrogen-bond donors (Lipinski definition) is 0. The molecule has 0 aliphatic rings. The van der Waals surface area contributed by atoms with Crippen molar-refractivity contribution in [3.8, 4) is 6.07 Å². The summed E-state index contributed by atoms with van der Waals surface area (Å²) in [5, 5.41) is 9.05. The minimum Gasteiger partial charge on any atom is -0.373 e. The molecule has 0 spiro atoms. The average Bonchev–Trinajstić information content (AvgIpc) is 2.26. The van der Waals surface area contributed by atoms with Gasteiger partial charge in [0.2, 0.25) is 0 Å². The average molecular weight is 281 g/mol. The number of hydrogen-bond acceptors (Lipinski definition) is 2. The molecule has 1 aromatic carbocycles. The van der Waals surface area contributed by atoms with Crippen LogP contribution in [0.3, 0.4) is 0 Å². The Kier molecular flexibility index (Phi) is 4.82. The maximum atomic E-state index is 9.05. The molecular weight excluding hydrogens is 264 g/mol. The van der Waals surface area contributed by atoms with Crippen LogP contribution in [0.5, 0.6) is 0 Å². The van der Waals surface area contributed by atoms with Gasteiger partial charge in [0.1, 0.15) is 0 Å². The van der Waals surface area contributed by atoms with Gasteiger partial charge in [0, 0.05) is 23.8 Å². The summed E-state index contributed by atoms with van der Waals surface area (Å²) >= 11 is 3.41. The Morgan fingerprint density at radius 3 is 2.31 bits per heavy atom. The lowest BCUT2D eigenvalue weighted by molar-refractivity contribution is 0.477. The van der Waals surface area contributed by atoms with Crippen molar-refractivity contribution in [3.63, 3.8) is 0 Å². The highest BCUT2D eigenvalue weighted by molar-refractivity contribution is 9.10. The summed E-state index contributed by atoms with van der Waals surface area (Å²) in [5.74, 6) is 0.469. The number of anilines is 1. The smallest absolute Gasteiger partial charge is 0.0677 e. The van der Waals surface area contributed by atoms with E-state index in [0.29, 0.717) is 5.92 Å². The van der Waals surface area contributed by atoms with Crippen LogP contribution in [0.15, 0.2) is 28.7 Å². The second kappa shape index (κ2) is 5.91. The van der Waals surface area contributed by atoms with Crippen LogP contribution in [0.1, 0.15) is 13.8 Å². The number of rotatable bonds is 4. The summed E-state index contributed by atoms with van der Waals surface area (Å²) in [7, 11) is 2.02. The van der Waals surface area contributed by atoms with E-state index in [4.69, 9.17) is 5.26 Å². The molecule has 0 saturated heterocycles. The first-order valence-corrected chi connectivity index (χ1v) is 6.20. The van der Waals surface area contributed by atoms with Gasteiger partial charge in [0.25, 0.3) is 0 Å². The summed E-state index contributed by atoms with van der Waals surface area (Å²) in [6.45, 7) is 4.95. The fraction of sp³-hybridized carbons (Fsp3) is 0.462. The lowest BCUT2D eigenvalue weighted by Crippen LogP contribution is -2.27. The Morgan fingerprint density at radius 1 is 1.31 bits per heavy atom. The Labute approximate surface area is 106 Å². The maximum Gasteiger partial charge on any atom is 0.0677 e. The molecule has 0 aliphatic heterocycles. The molecule has 0 radical (unpaired) electrons. The first-order valence-electron chi connectivity index (χ1n) is 5.41. The zero-order valence-corrected chi connectivity index (χ0v) is 11.5. The maximum absolute atomic E-state index is 9.05. The molecule has 1 unspecified atom stereocenters. The van der Waals surface area contributed by atoms with Crippen LogP contribution in [0.25, 0.3) is 0 Å². The SMILES string of the molecule is CC(C)C(C#N)CN(C)c1ccc(Br)cc1. The van der Waals surface area contributed by atoms with E-state index in [1.54, 1.807) is 0 Å². The van der Waals surface area contributed by atoms with E-state index in [9.17, 15) is 0 Å². The van der Waals surface area contributed by atoms with Gasteiger partial charge in [-0.15, -0.1) is 0 Å². The molecule has 16 heavy (non-hydrogen) atoms. The standard InChI is InChI=1S/C13H17BrN2/c1-10(2)11(8-15)9-16(3)13-6-4-12(14)5-7-13/h4-7,10-11H,9H2,1-3H3. The molecule has 0 heterocycles. The van der Waals surface area contributed by atoms with Crippen LogP contribution in [-0.2, 0) is 0 Å². The topological polar surface area (TPSA) is 27.0 Å². The van der Waals surface area contributed by atoms with Gasteiger partial charge in [-0.25, -0.2) is 0 Å². The third kappa shape index (κ3) is 3.53. The minimum atomic E-state index is 0.0775. The lowest BCUT2D eigenvalue weighted by Gasteiger charge is -2.24. The zero-order chi connectivity index (χ0) is 12.1. The fourth-order valence-corrected chi connectivity index (χ4v) is 1.76. The predicted octanol–water partition coefficient (Wildman–Crippen LogP) is 3.68. The quantitative estimate of drug-likeness (QED) is 0.841. The molecule has 1 rings (SSSR count). The van der Waals surface area contributed by atoms with Crippen molar-refractivity contribution in [1.29, 1.82) is 5.26 Å². The highest BCUT2D eigenvalue weighted by Crippen LogP contribution is 2.19. The van der Waals surface area contributed by atoms with Gasteiger partial charge in [-0.2, -0.15) is 5.26 Å². The van der Waals surface area contributed by atoms with E-state index in [1.165, 1.54) is 0 Å². The molecule has 1 aromatic rings. The van der Waals surface area contributed by atoms with Crippen molar-refractivity contribution in [2.45, 2.75) is 13.8 Å². The van der Waals surface area contributed by atoms with Gasteiger partial charge in [-0.05, 0) is 30.2 Å². The normalized spacial score (nSPS) is 12.2. The Bertz CT molecular complexity index is 365. The van der Waals surface area contributed by atoms with Crippen LogP contribution in [-0.4, -0.2) is 13.6 Å². The van der Waals surface area contributed by atoms with Crippen molar-refractivity contribution in [3.05, 3.63) is 28.7 Å². The van der Waals surface area contributed by atoms with Crippen molar-refractivity contribution >= 4 is 21.6 Å². The Morgan fingerprint density at radius 2 is 1.88 bits per heavy atom. The molecular formula is C13H17BrN2. The van der Waals surface area contributed by atoms with Crippen LogP contribution in [0.2, 0.25) is 0 Å². The van der Waals surface area contributed by atoms with Crippen LogP contribution >= 0.6 is 15.9 Å². The number of halogens is 1. The molecule has 0 aliphatic carbocycles. The van der Waals surface area contributed by atoms with Crippen molar-refractivity contribution < 1.29 is 0 Å². The molecule has 3 heteroatoms. The van der Waals surface area contributed by atoms with Gasteiger partial charge in [-0.3, -0.25) is 0 Å². The van der Waals surface area contributed by atoms with E-state index < -0.39 is 0 Å². The van der Waals surface area contributed by atoms with Crippen LogP contribution < -0.4 is 4.90 Å². The summed E-state index contributed by atoms with van der Waals surface area (Å²) < 4.78 is 1.07. The summed E-state index contributed by atoms with van der Waals surface area (Å²) in [5.41, 5.74) is 1.14. The number of benzene rings is 1. The summed E-state index contributed by atoms with van der Waals surface area (Å²) in [6.07, 6.45) is 0. The van der Waals surface area contributed by atoms with E-state index >= 15 is 0 Å². The molecule has 0 saturated carbocycles. The molecule has 0 N–H and O–H groups in total. The first kappa shape index (κ1) is 13.1. The highest BCUT2D eigenvalue weighted by atomic mass is 79.9. The zero-order valence-electron chi connectivity index (χ0n) is 9.94. The van der Waals surface area contributed by atoms with Gasteiger partial charge in [0.15, 0.2) is 0 Å².